The van der Waals surface area contributed by atoms with Crippen molar-refractivity contribution in [2.75, 3.05) is 0 Å². The number of aryl methyl sites for hydroxylation is 2. The topological polar surface area (TPSA) is 35.8 Å². The molecule has 1 aromatic carbocycles. The van der Waals surface area contributed by atoms with E-state index in [1.165, 1.54) is 11.1 Å². The first kappa shape index (κ1) is 15.7. The molecule has 0 aliphatic rings. The van der Waals surface area contributed by atoms with Crippen molar-refractivity contribution >= 4 is 17.2 Å². The second kappa shape index (κ2) is 7.89. The Morgan fingerprint density at radius 1 is 1.56 bits per heavy atom. The predicted molar refractivity (Wildman–Crippen MR) is 64.4 cm³/mol. The second-order valence-corrected chi connectivity index (χ2v) is 3.92. The van der Waals surface area contributed by atoms with Crippen molar-refractivity contribution in [3.8, 4) is 6.07 Å². The van der Waals surface area contributed by atoms with E-state index in [9.17, 15) is 0 Å². The quantitative estimate of drug-likeness (QED) is 0.688. The summed E-state index contributed by atoms with van der Waals surface area (Å²) in [6.07, 6.45) is 0.282. The largest absolute Gasteiger partial charge is 0.386 e. The minimum atomic E-state index is 0. The number of nitriles is 1. The fraction of sp³-hybridized carbons (Fsp3) is 0.333. The van der Waals surface area contributed by atoms with Crippen LogP contribution in [0, 0.1) is 31.2 Å². The van der Waals surface area contributed by atoms with E-state index in [0.29, 0.717) is 11.5 Å². The average Bonchev–Trinajstić information content (AvgIpc) is 2.20. The molecule has 1 N–H and O–H groups in total. The molecule has 1 rings (SSSR count). The van der Waals surface area contributed by atoms with Crippen LogP contribution in [0.15, 0.2) is 12.1 Å². The average molecular weight is 306 g/mol. The molecule has 1 radical (unpaired) electrons. The normalized spacial score (nSPS) is 8.81. The molecule has 1 aromatic rings. The van der Waals surface area contributed by atoms with Gasteiger partial charge in [-0.2, -0.15) is 34.6 Å². The van der Waals surface area contributed by atoms with E-state index in [1.807, 2.05) is 19.1 Å². The fourth-order valence-electron chi connectivity index (χ4n) is 1.18. The number of thiocarbonyl (C=S) groups is 1. The number of benzene rings is 1. The Balaban J connectivity index is 0.00000225. The molecule has 16 heavy (non-hydrogen) atoms. The van der Waals surface area contributed by atoms with E-state index in [4.69, 9.17) is 17.5 Å². The van der Waals surface area contributed by atoms with Crippen LogP contribution in [0.3, 0.4) is 0 Å². The molecule has 0 saturated carbocycles. The number of nitrogens with zero attached hydrogens (tertiary/aromatic N) is 1. The molecule has 0 heterocycles. The van der Waals surface area contributed by atoms with Crippen LogP contribution in [0.1, 0.15) is 23.1 Å². The smallest absolute Gasteiger partial charge is 0.0889 e. The molecule has 81 valence electrons. The Morgan fingerprint density at radius 2 is 2.25 bits per heavy atom. The monoisotopic (exact) mass is 306 g/mol. The van der Waals surface area contributed by atoms with Gasteiger partial charge in [0.05, 0.1) is 17.5 Å². The van der Waals surface area contributed by atoms with E-state index in [1.54, 1.807) is 0 Å². The van der Waals surface area contributed by atoms with Gasteiger partial charge in [-0.15, -0.1) is 5.56 Å². The summed E-state index contributed by atoms with van der Waals surface area (Å²) in [5, 5.41) is 11.5. The maximum absolute atomic E-state index is 8.43. The van der Waals surface area contributed by atoms with Gasteiger partial charge in [-0.25, -0.2) is 0 Å². The van der Waals surface area contributed by atoms with Crippen molar-refractivity contribution in [2.45, 2.75) is 26.8 Å². The van der Waals surface area contributed by atoms with Crippen LogP contribution in [0.5, 0.6) is 0 Å². The van der Waals surface area contributed by atoms with Crippen molar-refractivity contribution in [1.29, 1.82) is 5.26 Å². The minimum absolute atomic E-state index is 0. The maximum Gasteiger partial charge on any atom is 0.0889 e. The SMILES string of the molecule is Cc1[c-]cc(CNC(=S)CC#N)cc1C.[Y]. The van der Waals surface area contributed by atoms with Gasteiger partial charge < -0.3 is 5.32 Å². The summed E-state index contributed by atoms with van der Waals surface area (Å²) in [7, 11) is 0. The van der Waals surface area contributed by atoms with Gasteiger partial charge in [0.15, 0.2) is 0 Å². The van der Waals surface area contributed by atoms with Crippen molar-refractivity contribution in [3.05, 3.63) is 34.9 Å². The van der Waals surface area contributed by atoms with Gasteiger partial charge in [0, 0.05) is 32.7 Å². The van der Waals surface area contributed by atoms with Crippen LogP contribution < -0.4 is 5.32 Å². The minimum Gasteiger partial charge on any atom is -0.386 e. The van der Waals surface area contributed by atoms with Crippen LogP contribution in [0.25, 0.3) is 0 Å². The van der Waals surface area contributed by atoms with Crippen LogP contribution in [-0.2, 0) is 39.3 Å². The summed E-state index contributed by atoms with van der Waals surface area (Å²) in [5.41, 5.74) is 3.53. The number of rotatable bonds is 3. The summed E-state index contributed by atoms with van der Waals surface area (Å²) in [6, 6.07) is 9.24. The Labute approximate surface area is 127 Å². The van der Waals surface area contributed by atoms with Gasteiger partial charge in [-0.3, -0.25) is 0 Å². The molecule has 0 bridgehead atoms. The van der Waals surface area contributed by atoms with Gasteiger partial charge in [0.1, 0.15) is 0 Å². The Morgan fingerprint density at radius 3 is 2.81 bits per heavy atom. The molecule has 0 atom stereocenters. The van der Waals surface area contributed by atoms with E-state index >= 15 is 0 Å². The summed E-state index contributed by atoms with van der Waals surface area (Å²) in [6.45, 7) is 4.76. The van der Waals surface area contributed by atoms with Crippen molar-refractivity contribution in [2.24, 2.45) is 0 Å². The summed E-state index contributed by atoms with van der Waals surface area (Å²) >= 11 is 4.97. The van der Waals surface area contributed by atoms with E-state index in [-0.39, 0.29) is 39.1 Å². The summed E-state index contributed by atoms with van der Waals surface area (Å²) in [4.78, 5) is 0.593. The van der Waals surface area contributed by atoms with Crippen molar-refractivity contribution in [3.63, 3.8) is 0 Å². The Kier molecular flexibility index (Phi) is 7.75. The van der Waals surface area contributed by atoms with Crippen LogP contribution in [0.2, 0.25) is 0 Å². The summed E-state index contributed by atoms with van der Waals surface area (Å²) in [5.74, 6) is 0. The standard InChI is InChI=1S/C12H13N2S.Y/c1-9-3-4-11(7-10(9)2)8-14-12(15)5-6-13;/h4,7H,5,8H2,1-2H3,(H,14,15);/q-1;. The first-order valence-electron chi connectivity index (χ1n) is 4.75. The van der Waals surface area contributed by atoms with E-state index in [2.05, 4.69) is 24.4 Å². The molecule has 0 fully saturated rings. The zero-order valence-electron chi connectivity index (χ0n) is 9.50. The Hall–Kier alpha value is -0.296. The zero-order valence-corrected chi connectivity index (χ0v) is 13.2. The first-order valence-corrected chi connectivity index (χ1v) is 5.15. The molecule has 0 aromatic heterocycles. The van der Waals surface area contributed by atoms with Gasteiger partial charge in [0.2, 0.25) is 0 Å². The van der Waals surface area contributed by atoms with E-state index in [0.717, 1.165) is 5.56 Å². The molecule has 4 heteroatoms. The number of hydrogen-bond donors (Lipinski definition) is 1. The predicted octanol–water partition coefficient (Wildman–Crippen LogP) is 2.43. The van der Waals surface area contributed by atoms with Gasteiger partial charge in [-0.05, 0) is 6.54 Å². The van der Waals surface area contributed by atoms with Crippen LogP contribution in [0.4, 0.5) is 0 Å². The van der Waals surface area contributed by atoms with Crippen molar-refractivity contribution in [1.82, 2.24) is 5.32 Å². The first-order chi connectivity index (χ1) is 7.13. The van der Waals surface area contributed by atoms with Crippen molar-refractivity contribution < 1.29 is 32.7 Å². The molecular formula is C12H13N2SY-. The third kappa shape index (κ3) is 5.16. The molecular weight excluding hydrogens is 293 g/mol. The molecule has 0 spiro atoms. The van der Waals surface area contributed by atoms with E-state index < -0.39 is 0 Å². The fourth-order valence-corrected chi connectivity index (χ4v) is 1.32. The maximum atomic E-state index is 8.43. The molecule has 0 aliphatic heterocycles. The molecule has 2 nitrogen and oxygen atoms in total. The van der Waals surface area contributed by atoms with Gasteiger partial charge >= 0.3 is 0 Å². The van der Waals surface area contributed by atoms with Crippen LogP contribution >= 0.6 is 12.2 Å². The molecule has 0 unspecified atom stereocenters. The third-order valence-corrected chi connectivity index (χ3v) is 2.49. The van der Waals surface area contributed by atoms with Crippen LogP contribution in [-0.4, -0.2) is 4.99 Å². The number of hydrogen-bond acceptors (Lipinski definition) is 2. The third-order valence-electron chi connectivity index (χ3n) is 2.20. The molecule has 0 aliphatic carbocycles. The number of nitrogens with one attached hydrogen (secondary N) is 1. The van der Waals surface area contributed by atoms with Gasteiger partial charge in [0.25, 0.3) is 0 Å². The Bertz CT molecular complexity index is 410. The second-order valence-electron chi connectivity index (χ2n) is 3.43. The zero-order chi connectivity index (χ0) is 11.3. The van der Waals surface area contributed by atoms with Gasteiger partial charge in [-0.1, -0.05) is 26.1 Å². The molecule has 0 saturated heterocycles. The summed E-state index contributed by atoms with van der Waals surface area (Å²) < 4.78 is 0. The molecule has 0 amide bonds.